The molecule has 0 unspecified atom stereocenters. The van der Waals surface area contributed by atoms with Crippen LogP contribution in [0, 0.1) is 28.8 Å². The van der Waals surface area contributed by atoms with Gasteiger partial charge in [0.1, 0.15) is 29.1 Å². The fourth-order valence-electron chi connectivity index (χ4n) is 4.34. The maximum absolute atomic E-state index is 15.1. The number of hydrogen-bond donors (Lipinski definition) is 0. The number of benzene rings is 4. The first-order valence-corrected chi connectivity index (χ1v) is 11.6. The molecule has 0 amide bonds. The zero-order chi connectivity index (χ0) is 24.1. The van der Waals surface area contributed by atoms with Crippen LogP contribution in [-0.4, -0.2) is 0 Å². The van der Waals surface area contributed by atoms with Gasteiger partial charge in [0.15, 0.2) is 0 Å². The van der Waals surface area contributed by atoms with Crippen molar-refractivity contribution in [2.75, 3.05) is 0 Å². The van der Waals surface area contributed by atoms with Crippen LogP contribution in [0.4, 0.5) is 13.2 Å². The number of aryl methyl sites for hydroxylation is 5. The molecule has 4 rings (SSSR count). The highest BCUT2D eigenvalue weighted by molar-refractivity contribution is 5.84. The topological polar surface area (TPSA) is 23.8 Å². The first-order valence-electron chi connectivity index (χ1n) is 11.6. The smallest absolute Gasteiger partial charge is 0.144 e. The van der Waals surface area contributed by atoms with Crippen LogP contribution in [0.25, 0.3) is 10.8 Å². The van der Waals surface area contributed by atoms with E-state index >= 15 is 4.39 Å². The van der Waals surface area contributed by atoms with Gasteiger partial charge in [0.05, 0.1) is 0 Å². The van der Waals surface area contributed by atoms with Crippen molar-refractivity contribution in [3.8, 4) is 6.07 Å². The summed E-state index contributed by atoms with van der Waals surface area (Å²) in [5, 5.41) is 10.2. The summed E-state index contributed by atoms with van der Waals surface area (Å²) in [7, 11) is 0. The second-order valence-corrected chi connectivity index (χ2v) is 8.71. The quantitative estimate of drug-likeness (QED) is 0.267. The van der Waals surface area contributed by atoms with E-state index in [1.165, 1.54) is 17.2 Å². The molecular weight excluding hydrogens is 431 g/mol. The van der Waals surface area contributed by atoms with Gasteiger partial charge in [-0.3, -0.25) is 0 Å². The van der Waals surface area contributed by atoms with Crippen molar-refractivity contribution >= 4 is 10.8 Å². The van der Waals surface area contributed by atoms with Crippen LogP contribution in [-0.2, 0) is 32.1 Å². The monoisotopic (exact) mass is 457 g/mol. The van der Waals surface area contributed by atoms with E-state index in [2.05, 4.69) is 31.2 Å². The predicted octanol–water partition coefficient (Wildman–Crippen LogP) is 7.65. The van der Waals surface area contributed by atoms with Gasteiger partial charge in [-0.15, -0.1) is 0 Å². The van der Waals surface area contributed by atoms with Gasteiger partial charge in [-0.25, -0.2) is 13.2 Å². The lowest BCUT2D eigenvalue weighted by molar-refractivity contribution is 0.572. The van der Waals surface area contributed by atoms with Crippen molar-refractivity contribution in [1.29, 1.82) is 5.26 Å². The van der Waals surface area contributed by atoms with Crippen molar-refractivity contribution in [2.24, 2.45) is 0 Å². The fraction of sp³-hybridized carbons (Fsp3) is 0.233. The summed E-state index contributed by atoms with van der Waals surface area (Å²) < 4.78 is 42.8. The lowest BCUT2D eigenvalue weighted by atomic mass is 9.97. The Hall–Kier alpha value is -3.58. The largest absolute Gasteiger partial charge is 0.206 e. The van der Waals surface area contributed by atoms with Crippen molar-refractivity contribution in [1.82, 2.24) is 0 Å². The second-order valence-electron chi connectivity index (χ2n) is 8.71. The molecule has 34 heavy (non-hydrogen) atoms. The summed E-state index contributed by atoms with van der Waals surface area (Å²) in [5.74, 6) is -2.08. The number of halogens is 3. The molecule has 4 aromatic carbocycles. The van der Waals surface area contributed by atoms with Crippen molar-refractivity contribution < 1.29 is 13.2 Å². The van der Waals surface area contributed by atoms with Crippen LogP contribution < -0.4 is 0 Å². The van der Waals surface area contributed by atoms with E-state index in [-0.39, 0.29) is 12.2 Å². The van der Waals surface area contributed by atoms with Gasteiger partial charge in [-0.2, -0.15) is 5.26 Å². The number of fused-ring (bicyclic) bond motifs is 1. The molecule has 4 heteroatoms. The van der Waals surface area contributed by atoms with E-state index in [0.29, 0.717) is 22.9 Å². The normalized spacial score (nSPS) is 11.0. The second kappa shape index (κ2) is 10.6. The van der Waals surface area contributed by atoms with Gasteiger partial charge in [0.25, 0.3) is 0 Å². The molecule has 0 aromatic heterocycles. The number of nitrogens with zero attached hydrogens (tertiary/aromatic N) is 1. The molecule has 0 fully saturated rings. The summed E-state index contributed by atoms with van der Waals surface area (Å²) in [5.41, 5.74) is 4.10. The minimum atomic E-state index is -0.888. The van der Waals surface area contributed by atoms with Gasteiger partial charge < -0.3 is 0 Å². The van der Waals surface area contributed by atoms with E-state index in [0.717, 1.165) is 48.8 Å². The number of hydrogen-bond acceptors (Lipinski definition) is 1. The Bertz CT molecular complexity index is 1330. The SMILES string of the molecule is CCCc1ccc(CCc2ccc3c(F)c(CCc4cc(F)c(C#N)c(F)c4)ccc3c2)cc1. The Labute approximate surface area is 198 Å². The lowest BCUT2D eigenvalue weighted by Crippen LogP contribution is -1.99. The summed E-state index contributed by atoms with van der Waals surface area (Å²) in [6.07, 6.45) is 4.62. The fourth-order valence-corrected chi connectivity index (χ4v) is 4.34. The van der Waals surface area contributed by atoms with Gasteiger partial charge in [0.2, 0.25) is 0 Å². The Balaban J connectivity index is 1.45. The highest BCUT2D eigenvalue weighted by Crippen LogP contribution is 2.25. The van der Waals surface area contributed by atoms with E-state index in [4.69, 9.17) is 5.26 Å². The summed E-state index contributed by atoms with van der Waals surface area (Å²) in [6, 6.07) is 22.0. The standard InChI is InChI=1S/C30H26F3N/c1-2-3-20-4-6-21(7-5-20)8-9-22-11-15-26-25(16-22)14-13-24(30(26)33)12-10-23-17-28(31)27(19-34)29(32)18-23/h4-7,11,13-18H,2-3,8-10,12H2,1H3. The molecule has 0 aliphatic carbocycles. The highest BCUT2D eigenvalue weighted by Gasteiger charge is 2.13. The molecule has 0 N–H and O–H groups in total. The highest BCUT2D eigenvalue weighted by atomic mass is 19.1. The number of nitriles is 1. The number of rotatable bonds is 8. The Morgan fingerprint density at radius 2 is 1.24 bits per heavy atom. The molecule has 0 saturated heterocycles. The molecule has 4 aromatic rings. The van der Waals surface area contributed by atoms with Gasteiger partial charge >= 0.3 is 0 Å². The van der Waals surface area contributed by atoms with Crippen LogP contribution in [0.1, 0.15) is 46.7 Å². The maximum Gasteiger partial charge on any atom is 0.144 e. The van der Waals surface area contributed by atoms with E-state index < -0.39 is 17.2 Å². The lowest BCUT2D eigenvalue weighted by Gasteiger charge is -2.10. The average molecular weight is 458 g/mol. The average Bonchev–Trinajstić information content (AvgIpc) is 2.83. The zero-order valence-corrected chi connectivity index (χ0v) is 19.2. The molecule has 0 atom stereocenters. The molecular formula is C30H26F3N. The molecule has 0 saturated carbocycles. The molecule has 1 nitrogen and oxygen atoms in total. The molecule has 0 bridgehead atoms. The molecule has 172 valence electrons. The minimum Gasteiger partial charge on any atom is -0.206 e. The first kappa shape index (κ1) is 23.6. The van der Waals surface area contributed by atoms with Crippen molar-refractivity contribution in [3.05, 3.63) is 118 Å². The third-order valence-corrected chi connectivity index (χ3v) is 6.26. The third-order valence-electron chi connectivity index (χ3n) is 6.26. The van der Waals surface area contributed by atoms with Crippen LogP contribution in [0.2, 0.25) is 0 Å². The van der Waals surface area contributed by atoms with Crippen LogP contribution in [0.5, 0.6) is 0 Å². The van der Waals surface area contributed by atoms with Gasteiger partial charge in [-0.1, -0.05) is 67.9 Å². The Morgan fingerprint density at radius 3 is 1.88 bits per heavy atom. The molecule has 0 radical (unpaired) electrons. The van der Waals surface area contributed by atoms with Crippen molar-refractivity contribution in [3.63, 3.8) is 0 Å². The molecule has 0 heterocycles. The van der Waals surface area contributed by atoms with E-state index in [1.807, 2.05) is 24.3 Å². The Kier molecular flexibility index (Phi) is 7.33. The molecule has 0 spiro atoms. The molecule has 0 aliphatic heterocycles. The van der Waals surface area contributed by atoms with Crippen LogP contribution in [0.3, 0.4) is 0 Å². The minimum absolute atomic E-state index is 0.275. The summed E-state index contributed by atoms with van der Waals surface area (Å²) >= 11 is 0. The molecule has 0 aliphatic rings. The van der Waals surface area contributed by atoms with Gasteiger partial charge in [-0.05, 0) is 77.4 Å². The van der Waals surface area contributed by atoms with Crippen LogP contribution >= 0.6 is 0 Å². The zero-order valence-electron chi connectivity index (χ0n) is 19.2. The van der Waals surface area contributed by atoms with E-state index in [1.54, 1.807) is 6.07 Å². The third kappa shape index (κ3) is 5.31. The maximum atomic E-state index is 15.1. The summed E-state index contributed by atoms with van der Waals surface area (Å²) in [4.78, 5) is 0. The van der Waals surface area contributed by atoms with Gasteiger partial charge in [0, 0.05) is 5.39 Å². The Morgan fingerprint density at radius 1 is 0.647 bits per heavy atom. The van der Waals surface area contributed by atoms with E-state index in [9.17, 15) is 8.78 Å². The van der Waals surface area contributed by atoms with Crippen molar-refractivity contribution in [2.45, 2.75) is 45.4 Å². The first-order chi connectivity index (χ1) is 16.5. The van der Waals surface area contributed by atoms with Crippen LogP contribution in [0.15, 0.2) is 66.7 Å². The summed E-state index contributed by atoms with van der Waals surface area (Å²) in [6.45, 7) is 2.18. The predicted molar refractivity (Wildman–Crippen MR) is 130 cm³/mol.